The molecule has 0 aliphatic rings. The summed E-state index contributed by atoms with van der Waals surface area (Å²) in [5.41, 5.74) is 5.52. The molecule has 1 aromatic rings. The molecule has 0 bridgehead atoms. The van der Waals surface area contributed by atoms with Gasteiger partial charge in [-0.3, -0.25) is 0 Å². The Morgan fingerprint density at radius 3 is 2.47 bits per heavy atom. The minimum atomic E-state index is -4.80. The third-order valence-electron chi connectivity index (χ3n) is 1.59. The van der Waals surface area contributed by atoms with Crippen LogP contribution in [0.3, 0.4) is 0 Å². The Kier molecular flexibility index (Phi) is 3.31. The van der Waals surface area contributed by atoms with Gasteiger partial charge in [-0.05, 0) is 6.07 Å². The Labute approximate surface area is 88.2 Å². The number of ether oxygens (including phenoxy) is 1. The number of rotatable bonds is 2. The summed E-state index contributed by atoms with van der Waals surface area (Å²) in [6.07, 6.45) is -4.80. The van der Waals surface area contributed by atoms with Gasteiger partial charge in [0.05, 0.1) is 17.3 Å². The molecule has 1 rings (SSSR count). The van der Waals surface area contributed by atoms with E-state index in [0.29, 0.717) is 0 Å². The second kappa shape index (κ2) is 4.16. The van der Waals surface area contributed by atoms with Gasteiger partial charge in [0.15, 0.2) is 0 Å². The standard InChI is InChI=1S/C8H7ClF3NO2/c9-6-2-5(15-8(10,11)12)1-4(3-14)7(6)13/h1-2,14H,3,13H2. The molecule has 7 heteroatoms. The Bertz CT molecular complexity index is 368. The van der Waals surface area contributed by atoms with Crippen LogP contribution in [0.2, 0.25) is 5.02 Å². The molecule has 0 atom stereocenters. The number of anilines is 1. The maximum Gasteiger partial charge on any atom is 0.573 e. The molecule has 84 valence electrons. The summed E-state index contributed by atoms with van der Waals surface area (Å²) in [6, 6.07) is 1.91. The highest BCUT2D eigenvalue weighted by Gasteiger charge is 2.31. The molecule has 0 radical (unpaired) electrons. The molecule has 0 fully saturated rings. The molecule has 0 heterocycles. The molecule has 0 amide bonds. The maximum absolute atomic E-state index is 11.9. The summed E-state index contributed by atoms with van der Waals surface area (Å²) >= 11 is 5.54. The van der Waals surface area contributed by atoms with E-state index in [0.717, 1.165) is 12.1 Å². The predicted octanol–water partition coefficient (Wildman–Crippen LogP) is 2.31. The van der Waals surface area contributed by atoms with Crippen LogP contribution >= 0.6 is 11.6 Å². The molecule has 1 aromatic carbocycles. The van der Waals surface area contributed by atoms with Crippen LogP contribution in [0, 0.1) is 0 Å². The van der Waals surface area contributed by atoms with Gasteiger partial charge in [0, 0.05) is 11.6 Å². The second-order valence-corrected chi connectivity index (χ2v) is 3.09. The monoisotopic (exact) mass is 241 g/mol. The molecular formula is C8H7ClF3NO2. The van der Waals surface area contributed by atoms with Gasteiger partial charge in [-0.15, -0.1) is 13.2 Å². The topological polar surface area (TPSA) is 55.5 Å². The summed E-state index contributed by atoms with van der Waals surface area (Å²) in [6.45, 7) is -0.513. The van der Waals surface area contributed by atoms with Crippen molar-refractivity contribution in [3.63, 3.8) is 0 Å². The van der Waals surface area contributed by atoms with E-state index in [-0.39, 0.29) is 16.3 Å². The van der Waals surface area contributed by atoms with Crippen LogP contribution in [0.15, 0.2) is 12.1 Å². The predicted molar refractivity (Wildman–Crippen MR) is 48.5 cm³/mol. The lowest BCUT2D eigenvalue weighted by Crippen LogP contribution is -2.17. The van der Waals surface area contributed by atoms with E-state index in [4.69, 9.17) is 22.4 Å². The van der Waals surface area contributed by atoms with Crippen molar-refractivity contribution in [1.82, 2.24) is 0 Å². The fourth-order valence-electron chi connectivity index (χ4n) is 0.971. The van der Waals surface area contributed by atoms with Gasteiger partial charge >= 0.3 is 6.36 Å². The molecule has 0 aliphatic carbocycles. The zero-order valence-corrected chi connectivity index (χ0v) is 8.06. The van der Waals surface area contributed by atoms with E-state index < -0.39 is 18.7 Å². The number of nitrogens with two attached hydrogens (primary N) is 1. The van der Waals surface area contributed by atoms with Gasteiger partial charge in [0.25, 0.3) is 0 Å². The van der Waals surface area contributed by atoms with Crippen LogP contribution < -0.4 is 10.5 Å². The number of hydrogen-bond donors (Lipinski definition) is 2. The van der Waals surface area contributed by atoms with Gasteiger partial charge in [-0.2, -0.15) is 0 Å². The molecular weight excluding hydrogens is 235 g/mol. The normalized spacial score (nSPS) is 11.5. The van der Waals surface area contributed by atoms with Crippen molar-refractivity contribution in [2.45, 2.75) is 13.0 Å². The van der Waals surface area contributed by atoms with Crippen LogP contribution in [0.4, 0.5) is 18.9 Å². The number of aliphatic hydroxyl groups excluding tert-OH is 1. The van der Waals surface area contributed by atoms with Gasteiger partial charge in [0.1, 0.15) is 5.75 Å². The quantitative estimate of drug-likeness (QED) is 0.782. The van der Waals surface area contributed by atoms with E-state index in [1.807, 2.05) is 0 Å². The first kappa shape index (κ1) is 11.9. The van der Waals surface area contributed by atoms with Gasteiger partial charge in [-0.25, -0.2) is 0 Å². The van der Waals surface area contributed by atoms with Crippen molar-refractivity contribution < 1.29 is 23.0 Å². The molecule has 0 saturated heterocycles. The Morgan fingerprint density at radius 1 is 1.40 bits per heavy atom. The average molecular weight is 242 g/mol. The van der Waals surface area contributed by atoms with Gasteiger partial charge < -0.3 is 15.6 Å². The SMILES string of the molecule is Nc1c(Cl)cc(OC(F)(F)F)cc1CO. The first-order chi connectivity index (χ1) is 6.83. The van der Waals surface area contributed by atoms with Crippen molar-refractivity contribution in [3.8, 4) is 5.75 Å². The van der Waals surface area contributed by atoms with E-state index in [1.165, 1.54) is 0 Å². The summed E-state index contributed by atoms with van der Waals surface area (Å²) in [4.78, 5) is 0. The molecule has 3 N–H and O–H groups in total. The zero-order valence-electron chi connectivity index (χ0n) is 7.31. The Morgan fingerprint density at radius 2 is 2.00 bits per heavy atom. The molecule has 0 aliphatic heterocycles. The van der Waals surface area contributed by atoms with Crippen molar-refractivity contribution in [2.24, 2.45) is 0 Å². The lowest BCUT2D eigenvalue weighted by atomic mass is 10.2. The molecule has 0 unspecified atom stereocenters. The summed E-state index contributed by atoms with van der Waals surface area (Å²) in [5, 5.41) is 8.69. The minimum absolute atomic E-state index is 0.0358. The highest BCUT2D eigenvalue weighted by molar-refractivity contribution is 6.33. The van der Waals surface area contributed by atoms with Crippen molar-refractivity contribution in [1.29, 1.82) is 0 Å². The first-order valence-electron chi connectivity index (χ1n) is 3.78. The number of hydrogen-bond acceptors (Lipinski definition) is 3. The second-order valence-electron chi connectivity index (χ2n) is 2.68. The van der Waals surface area contributed by atoms with E-state index in [2.05, 4.69) is 4.74 Å². The van der Waals surface area contributed by atoms with E-state index in [9.17, 15) is 13.2 Å². The maximum atomic E-state index is 11.9. The van der Waals surface area contributed by atoms with Crippen molar-refractivity contribution >= 4 is 17.3 Å². The van der Waals surface area contributed by atoms with Crippen LogP contribution in [-0.4, -0.2) is 11.5 Å². The molecule has 15 heavy (non-hydrogen) atoms. The smallest absolute Gasteiger partial charge is 0.406 e. The summed E-state index contributed by atoms with van der Waals surface area (Å²) < 4.78 is 39.2. The molecule has 0 aromatic heterocycles. The Balaban J connectivity index is 3.06. The number of halogens is 4. The highest BCUT2D eigenvalue weighted by atomic mass is 35.5. The molecule has 3 nitrogen and oxygen atoms in total. The van der Waals surface area contributed by atoms with E-state index in [1.54, 1.807) is 0 Å². The van der Waals surface area contributed by atoms with Crippen molar-refractivity contribution in [3.05, 3.63) is 22.7 Å². The van der Waals surface area contributed by atoms with E-state index >= 15 is 0 Å². The number of benzene rings is 1. The zero-order chi connectivity index (χ0) is 11.6. The summed E-state index contributed by atoms with van der Waals surface area (Å²) in [7, 11) is 0. The largest absolute Gasteiger partial charge is 0.573 e. The fourth-order valence-corrected chi connectivity index (χ4v) is 1.20. The van der Waals surface area contributed by atoms with Crippen LogP contribution in [-0.2, 0) is 6.61 Å². The lowest BCUT2D eigenvalue weighted by molar-refractivity contribution is -0.274. The lowest BCUT2D eigenvalue weighted by Gasteiger charge is -2.12. The van der Waals surface area contributed by atoms with Crippen LogP contribution in [0.5, 0.6) is 5.75 Å². The third-order valence-corrected chi connectivity index (χ3v) is 1.91. The van der Waals surface area contributed by atoms with Gasteiger partial charge in [-0.1, -0.05) is 11.6 Å². The molecule has 0 saturated carbocycles. The van der Waals surface area contributed by atoms with Crippen LogP contribution in [0.1, 0.15) is 5.56 Å². The highest BCUT2D eigenvalue weighted by Crippen LogP contribution is 2.31. The fraction of sp³-hybridized carbons (Fsp3) is 0.250. The Hall–Kier alpha value is -1.14. The molecule has 0 spiro atoms. The third kappa shape index (κ3) is 3.17. The summed E-state index contributed by atoms with van der Waals surface area (Å²) in [5.74, 6) is -0.509. The average Bonchev–Trinajstić information content (AvgIpc) is 2.08. The van der Waals surface area contributed by atoms with Crippen molar-refractivity contribution in [2.75, 3.05) is 5.73 Å². The number of aliphatic hydroxyl groups is 1. The van der Waals surface area contributed by atoms with Gasteiger partial charge in [0.2, 0.25) is 0 Å². The first-order valence-corrected chi connectivity index (χ1v) is 4.16. The number of nitrogen functional groups attached to an aromatic ring is 1. The van der Waals surface area contributed by atoms with Crippen LogP contribution in [0.25, 0.3) is 0 Å². The minimum Gasteiger partial charge on any atom is -0.406 e. The number of alkyl halides is 3.